The Labute approximate surface area is 110 Å². The van der Waals surface area contributed by atoms with E-state index in [0.717, 1.165) is 31.0 Å². The normalized spacial score (nSPS) is 11.3. The van der Waals surface area contributed by atoms with Crippen molar-refractivity contribution in [2.45, 2.75) is 20.5 Å². The first-order valence-electron chi connectivity index (χ1n) is 6.48. The van der Waals surface area contributed by atoms with Crippen molar-refractivity contribution in [3.05, 3.63) is 23.9 Å². The van der Waals surface area contributed by atoms with Crippen LogP contribution >= 0.6 is 0 Å². The minimum absolute atomic E-state index is 0.0508. The highest BCUT2D eigenvalue weighted by Crippen LogP contribution is 2.13. The van der Waals surface area contributed by atoms with Gasteiger partial charge in [-0.05, 0) is 31.6 Å². The van der Waals surface area contributed by atoms with Crippen LogP contribution in [0.4, 0.5) is 5.82 Å². The number of aliphatic hydroxyl groups excluding tert-OH is 1. The number of hydrogen-bond donors (Lipinski definition) is 1. The predicted molar refractivity (Wildman–Crippen MR) is 75.8 cm³/mol. The fourth-order valence-electron chi connectivity index (χ4n) is 1.76. The number of rotatable bonds is 7. The van der Waals surface area contributed by atoms with Crippen LogP contribution in [-0.4, -0.2) is 48.7 Å². The molecule has 0 amide bonds. The molecule has 1 N–H and O–H groups in total. The molecule has 1 aromatic rings. The van der Waals surface area contributed by atoms with E-state index >= 15 is 0 Å². The quantitative estimate of drug-likeness (QED) is 0.799. The third kappa shape index (κ3) is 5.02. The number of nitrogens with zero attached hydrogens (tertiary/aromatic N) is 3. The molecule has 0 unspecified atom stereocenters. The SMILES string of the molecule is CC(C)CN(CCN(C)C)c1ccc(CO)cn1. The molecule has 0 radical (unpaired) electrons. The first kappa shape index (κ1) is 14.9. The summed E-state index contributed by atoms with van der Waals surface area (Å²) in [7, 11) is 4.16. The van der Waals surface area contributed by atoms with Gasteiger partial charge in [-0.3, -0.25) is 0 Å². The van der Waals surface area contributed by atoms with Crippen LogP contribution in [-0.2, 0) is 6.61 Å². The van der Waals surface area contributed by atoms with Crippen LogP contribution in [0.15, 0.2) is 18.3 Å². The molecule has 1 aromatic heterocycles. The van der Waals surface area contributed by atoms with Gasteiger partial charge in [0.2, 0.25) is 0 Å². The molecule has 0 spiro atoms. The van der Waals surface area contributed by atoms with Crippen molar-refractivity contribution < 1.29 is 5.11 Å². The van der Waals surface area contributed by atoms with Gasteiger partial charge in [0.15, 0.2) is 0 Å². The van der Waals surface area contributed by atoms with E-state index in [9.17, 15) is 0 Å². The van der Waals surface area contributed by atoms with E-state index in [1.54, 1.807) is 6.20 Å². The van der Waals surface area contributed by atoms with Crippen LogP contribution in [0.2, 0.25) is 0 Å². The average Bonchev–Trinajstić information content (AvgIpc) is 2.34. The van der Waals surface area contributed by atoms with Crippen LogP contribution in [0.25, 0.3) is 0 Å². The molecule has 4 heteroatoms. The molecule has 0 saturated heterocycles. The minimum Gasteiger partial charge on any atom is -0.392 e. The van der Waals surface area contributed by atoms with Crippen molar-refractivity contribution >= 4 is 5.82 Å². The van der Waals surface area contributed by atoms with Crippen molar-refractivity contribution in [3.63, 3.8) is 0 Å². The lowest BCUT2D eigenvalue weighted by Gasteiger charge is -2.27. The fraction of sp³-hybridized carbons (Fsp3) is 0.643. The zero-order valence-electron chi connectivity index (χ0n) is 11.9. The molecule has 0 fully saturated rings. The van der Waals surface area contributed by atoms with Crippen LogP contribution in [0.3, 0.4) is 0 Å². The van der Waals surface area contributed by atoms with Gasteiger partial charge in [0.25, 0.3) is 0 Å². The number of pyridine rings is 1. The molecule has 102 valence electrons. The Morgan fingerprint density at radius 2 is 1.94 bits per heavy atom. The van der Waals surface area contributed by atoms with Gasteiger partial charge in [-0.15, -0.1) is 0 Å². The van der Waals surface area contributed by atoms with Gasteiger partial charge in [0.05, 0.1) is 6.61 Å². The summed E-state index contributed by atoms with van der Waals surface area (Å²) in [5.74, 6) is 1.59. The lowest BCUT2D eigenvalue weighted by atomic mass is 10.2. The van der Waals surface area contributed by atoms with E-state index in [1.165, 1.54) is 0 Å². The van der Waals surface area contributed by atoms with E-state index < -0.39 is 0 Å². The number of hydrogen-bond acceptors (Lipinski definition) is 4. The van der Waals surface area contributed by atoms with Crippen molar-refractivity contribution in [1.82, 2.24) is 9.88 Å². The summed E-state index contributed by atoms with van der Waals surface area (Å²) in [5.41, 5.74) is 0.857. The van der Waals surface area contributed by atoms with Gasteiger partial charge in [-0.25, -0.2) is 4.98 Å². The average molecular weight is 251 g/mol. The number of anilines is 1. The van der Waals surface area contributed by atoms with Crippen molar-refractivity contribution in [2.75, 3.05) is 38.6 Å². The highest BCUT2D eigenvalue weighted by atomic mass is 16.3. The van der Waals surface area contributed by atoms with Gasteiger partial charge >= 0.3 is 0 Å². The standard InChI is InChI=1S/C14H25N3O/c1-12(2)10-17(8-7-16(3)4)14-6-5-13(11-18)9-15-14/h5-6,9,12,18H,7-8,10-11H2,1-4H3. The summed E-state index contributed by atoms with van der Waals surface area (Å²) in [5, 5.41) is 9.03. The Bertz CT molecular complexity index is 335. The number of aliphatic hydroxyl groups is 1. The molecule has 0 atom stereocenters. The third-order valence-electron chi connectivity index (χ3n) is 2.72. The summed E-state index contributed by atoms with van der Waals surface area (Å²) in [6.07, 6.45) is 1.75. The van der Waals surface area contributed by atoms with Crippen molar-refractivity contribution in [1.29, 1.82) is 0 Å². The zero-order chi connectivity index (χ0) is 13.5. The van der Waals surface area contributed by atoms with E-state index in [4.69, 9.17) is 5.11 Å². The summed E-state index contributed by atoms with van der Waals surface area (Å²) in [6, 6.07) is 3.93. The second-order valence-electron chi connectivity index (χ2n) is 5.33. The van der Waals surface area contributed by atoms with Gasteiger partial charge in [0.1, 0.15) is 5.82 Å². The molecular weight excluding hydrogens is 226 g/mol. The lowest BCUT2D eigenvalue weighted by Crippen LogP contribution is -2.34. The van der Waals surface area contributed by atoms with Gasteiger partial charge in [-0.2, -0.15) is 0 Å². The third-order valence-corrected chi connectivity index (χ3v) is 2.72. The largest absolute Gasteiger partial charge is 0.392 e. The van der Waals surface area contributed by atoms with Crippen LogP contribution < -0.4 is 4.90 Å². The summed E-state index contributed by atoms with van der Waals surface area (Å²) in [4.78, 5) is 8.90. The summed E-state index contributed by atoms with van der Waals surface area (Å²) in [6.45, 7) is 7.46. The highest BCUT2D eigenvalue weighted by Gasteiger charge is 2.10. The molecule has 1 rings (SSSR count). The molecule has 1 heterocycles. The molecule has 0 aromatic carbocycles. The van der Waals surface area contributed by atoms with Crippen LogP contribution in [0.5, 0.6) is 0 Å². The highest BCUT2D eigenvalue weighted by molar-refractivity contribution is 5.39. The molecule has 18 heavy (non-hydrogen) atoms. The molecule has 0 aliphatic rings. The molecule has 0 aliphatic carbocycles. The Morgan fingerprint density at radius 3 is 2.39 bits per heavy atom. The predicted octanol–water partition coefficient (Wildman–Crippen LogP) is 1.60. The fourth-order valence-corrected chi connectivity index (χ4v) is 1.76. The van der Waals surface area contributed by atoms with Crippen LogP contribution in [0, 0.1) is 5.92 Å². The Kier molecular flexibility index (Phi) is 6.09. The van der Waals surface area contributed by atoms with Crippen molar-refractivity contribution in [3.8, 4) is 0 Å². The molecular formula is C14H25N3O. The Hall–Kier alpha value is -1.13. The maximum absolute atomic E-state index is 9.03. The second kappa shape index (κ2) is 7.34. The Morgan fingerprint density at radius 1 is 1.22 bits per heavy atom. The molecule has 0 saturated carbocycles. The van der Waals surface area contributed by atoms with E-state index in [2.05, 4.69) is 42.7 Å². The van der Waals surface area contributed by atoms with Gasteiger partial charge < -0.3 is 14.9 Å². The molecule has 0 bridgehead atoms. The maximum Gasteiger partial charge on any atom is 0.128 e. The van der Waals surface area contributed by atoms with Gasteiger partial charge in [0, 0.05) is 25.8 Å². The van der Waals surface area contributed by atoms with Crippen LogP contribution in [0.1, 0.15) is 19.4 Å². The zero-order valence-corrected chi connectivity index (χ0v) is 11.9. The first-order chi connectivity index (χ1) is 8.52. The monoisotopic (exact) mass is 251 g/mol. The number of likely N-dealkylation sites (N-methyl/N-ethyl adjacent to an activating group) is 1. The van der Waals surface area contributed by atoms with E-state index in [-0.39, 0.29) is 6.61 Å². The molecule has 0 aliphatic heterocycles. The van der Waals surface area contributed by atoms with Crippen molar-refractivity contribution in [2.24, 2.45) is 5.92 Å². The summed E-state index contributed by atoms with van der Waals surface area (Å²) < 4.78 is 0. The smallest absolute Gasteiger partial charge is 0.128 e. The summed E-state index contributed by atoms with van der Waals surface area (Å²) >= 11 is 0. The van der Waals surface area contributed by atoms with E-state index in [0.29, 0.717) is 5.92 Å². The second-order valence-corrected chi connectivity index (χ2v) is 5.33. The topological polar surface area (TPSA) is 39.6 Å². The van der Waals surface area contributed by atoms with Gasteiger partial charge in [-0.1, -0.05) is 19.9 Å². The maximum atomic E-state index is 9.03. The number of aromatic nitrogens is 1. The molecule has 4 nitrogen and oxygen atoms in total. The minimum atomic E-state index is 0.0508. The lowest BCUT2D eigenvalue weighted by molar-refractivity contribution is 0.281. The van der Waals surface area contributed by atoms with E-state index in [1.807, 2.05) is 12.1 Å². The Balaban J connectivity index is 2.73. The first-order valence-corrected chi connectivity index (χ1v) is 6.48.